The van der Waals surface area contributed by atoms with Crippen LogP contribution in [-0.2, 0) is 16.0 Å². The average Bonchev–Trinajstić information content (AvgIpc) is 3.12. The van der Waals surface area contributed by atoms with Crippen LogP contribution in [0.4, 0.5) is 22.0 Å². The number of carboxylic acids is 1. The van der Waals surface area contributed by atoms with Crippen LogP contribution in [0.25, 0.3) is 10.8 Å². The lowest BCUT2D eigenvalue weighted by molar-refractivity contribution is -0.185. The molecule has 0 spiro atoms. The largest absolute Gasteiger partial charge is 0.490 e. The first kappa shape index (κ1) is 26.7. The second-order valence-corrected chi connectivity index (χ2v) is 10.8. The van der Waals surface area contributed by atoms with E-state index in [-0.39, 0.29) is 66.8 Å². The summed E-state index contributed by atoms with van der Waals surface area (Å²) in [6.45, 7) is 0. The van der Waals surface area contributed by atoms with Crippen molar-refractivity contribution in [2.24, 2.45) is 11.8 Å². The maximum atomic E-state index is 14.1. The molecular weight excluding hydrogens is 509 g/mol. The zero-order chi connectivity index (χ0) is 27.2. The second-order valence-electron chi connectivity index (χ2n) is 10.8. The summed E-state index contributed by atoms with van der Waals surface area (Å²) in [5, 5.41) is 10.2. The summed E-state index contributed by atoms with van der Waals surface area (Å²) >= 11 is 0. The third-order valence-corrected chi connectivity index (χ3v) is 8.46. The second kappa shape index (κ2) is 10.3. The zero-order valence-corrected chi connectivity index (χ0v) is 20.7. The molecule has 38 heavy (non-hydrogen) atoms. The van der Waals surface area contributed by atoms with Crippen LogP contribution in [0.1, 0.15) is 68.9 Å². The number of piperidine rings is 1. The molecule has 1 aliphatic carbocycles. The fraction of sp³-hybridized carbons (Fsp3) is 0.571. The molecule has 0 radical (unpaired) electrons. The van der Waals surface area contributed by atoms with E-state index < -0.39 is 36.5 Å². The molecule has 2 unspecified atom stereocenters. The summed E-state index contributed by atoms with van der Waals surface area (Å²) in [6.07, 6.45) is -4.96. The van der Waals surface area contributed by atoms with Crippen LogP contribution >= 0.6 is 0 Å². The first-order chi connectivity index (χ1) is 18.0. The topological polar surface area (TPSA) is 66.8 Å². The number of hydrogen-bond acceptors (Lipinski definition) is 3. The molecule has 2 bridgehead atoms. The van der Waals surface area contributed by atoms with Gasteiger partial charge in [0.1, 0.15) is 5.75 Å². The number of benzene rings is 2. The van der Waals surface area contributed by atoms with Crippen LogP contribution in [-0.4, -0.2) is 46.2 Å². The van der Waals surface area contributed by atoms with Gasteiger partial charge >= 0.3 is 12.1 Å². The summed E-state index contributed by atoms with van der Waals surface area (Å²) in [4.78, 5) is 26.4. The maximum absolute atomic E-state index is 14.1. The van der Waals surface area contributed by atoms with Crippen LogP contribution in [0.15, 0.2) is 30.3 Å². The Morgan fingerprint density at radius 1 is 0.974 bits per heavy atom. The number of rotatable bonds is 6. The van der Waals surface area contributed by atoms with Gasteiger partial charge in [0.05, 0.1) is 29.9 Å². The van der Waals surface area contributed by atoms with Gasteiger partial charge in [0, 0.05) is 12.1 Å². The molecular formula is C28H30F5NO4. The highest BCUT2D eigenvalue weighted by Crippen LogP contribution is 2.42. The summed E-state index contributed by atoms with van der Waals surface area (Å²) in [5.74, 6) is -2.75. The molecule has 3 fully saturated rings. The van der Waals surface area contributed by atoms with Crippen molar-refractivity contribution < 1.29 is 41.4 Å². The number of amides is 1. The minimum absolute atomic E-state index is 0.0235. The third kappa shape index (κ3) is 5.31. The van der Waals surface area contributed by atoms with Gasteiger partial charge in [-0.25, -0.2) is 8.78 Å². The zero-order valence-electron chi connectivity index (χ0n) is 20.7. The smallest absolute Gasteiger partial charge is 0.391 e. The third-order valence-electron chi connectivity index (χ3n) is 8.46. The van der Waals surface area contributed by atoms with Crippen LogP contribution in [0.5, 0.6) is 5.75 Å². The molecule has 5 nitrogen and oxygen atoms in total. The van der Waals surface area contributed by atoms with Gasteiger partial charge in [-0.15, -0.1) is 0 Å². The Hall–Kier alpha value is -2.91. The lowest BCUT2D eigenvalue weighted by Crippen LogP contribution is -2.48. The molecule has 2 heterocycles. The number of carboxylic acid groups (broad SMARTS) is 1. The number of hydrogen-bond donors (Lipinski definition) is 1. The van der Waals surface area contributed by atoms with Gasteiger partial charge in [-0.05, 0) is 73.8 Å². The van der Waals surface area contributed by atoms with E-state index in [1.807, 2.05) is 4.90 Å². The van der Waals surface area contributed by atoms with Crippen molar-refractivity contribution in [2.75, 3.05) is 0 Å². The van der Waals surface area contributed by atoms with Crippen LogP contribution in [0, 0.1) is 11.8 Å². The molecule has 5 rings (SSSR count). The lowest BCUT2D eigenvalue weighted by Gasteiger charge is -2.37. The quantitative estimate of drug-likeness (QED) is 0.416. The van der Waals surface area contributed by atoms with E-state index in [4.69, 9.17) is 4.74 Å². The van der Waals surface area contributed by atoms with Crippen molar-refractivity contribution >= 4 is 22.6 Å². The molecule has 1 saturated carbocycles. The number of aliphatic carboxylic acids is 1. The van der Waals surface area contributed by atoms with Crippen molar-refractivity contribution in [3.8, 4) is 5.75 Å². The summed E-state index contributed by atoms with van der Waals surface area (Å²) in [6, 6.07) is 7.77. The van der Waals surface area contributed by atoms with Gasteiger partial charge < -0.3 is 14.7 Å². The molecule has 206 valence electrons. The molecule has 2 aromatic carbocycles. The highest BCUT2D eigenvalue weighted by Gasteiger charge is 2.45. The number of fused-ring (bicyclic) bond motifs is 3. The van der Waals surface area contributed by atoms with Gasteiger partial charge in [-0.2, -0.15) is 13.2 Å². The summed E-state index contributed by atoms with van der Waals surface area (Å²) in [7, 11) is 0. The molecule has 10 heteroatoms. The number of alkyl halides is 5. The fourth-order valence-electron chi connectivity index (χ4n) is 6.56. The van der Waals surface area contributed by atoms with Crippen molar-refractivity contribution in [3.05, 3.63) is 41.5 Å². The van der Waals surface area contributed by atoms with E-state index in [2.05, 4.69) is 0 Å². The van der Waals surface area contributed by atoms with Gasteiger partial charge in [-0.3, -0.25) is 9.59 Å². The van der Waals surface area contributed by atoms with Crippen molar-refractivity contribution in [1.29, 1.82) is 0 Å². The van der Waals surface area contributed by atoms with Crippen molar-refractivity contribution in [3.63, 3.8) is 0 Å². The fourth-order valence-corrected chi connectivity index (χ4v) is 6.56. The van der Waals surface area contributed by atoms with Gasteiger partial charge in [-0.1, -0.05) is 24.3 Å². The van der Waals surface area contributed by atoms with E-state index in [0.29, 0.717) is 23.8 Å². The Kier molecular flexibility index (Phi) is 7.26. The van der Waals surface area contributed by atoms with Crippen LogP contribution in [0.3, 0.4) is 0 Å². The molecule has 2 aromatic rings. The Bertz CT molecular complexity index is 1190. The minimum Gasteiger partial charge on any atom is -0.490 e. The molecule has 2 atom stereocenters. The predicted molar refractivity (Wildman–Crippen MR) is 129 cm³/mol. The minimum atomic E-state index is -4.25. The van der Waals surface area contributed by atoms with Crippen LogP contribution in [0.2, 0.25) is 0 Å². The van der Waals surface area contributed by atoms with E-state index >= 15 is 0 Å². The standard InChI is InChI=1S/C28H30F5NO4/c29-26(30)25-22-9-1-15(12-24(35)34-19-5-6-20(34)14-17(13-19)27(36)37)11-16(22)2-10-23(25)38-21-7-3-18(4-8-21)28(31,32)33/h1-2,9-11,17-21,26H,3-8,12-14H2,(H,36,37). The SMILES string of the molecule is O=C(O)C1CC2CCC(C1)N2C(=O)Cc1ccc2c(C(F)F)c(OC3CCC(C(F)(F)F)CC3)ccc2c1. The monoisotopic (exact) mass is 539 g/mol. The Labute approximate surface area is 216 Å². The molecule has 1 amide bonds. The van der Waals surface area contributed by atoms with E-state index in [0.717, 1.165) is 12.8 Å². The average molecular weight is 540 g/mol. The first-order valence-electron chi connectivity index (χ1n) is 13.1. The number of halogens is 5. The number of carbonyl (C=O) groups is 2. The van der Waals surface area contributed by atoms with Gasteiger partial charge in [0.15, 0.2) is 0 Å². The lowest BCUT2D eigenvalue weighted by atomic mass is 9.87. The first-order valence-corrected chi connectivity index (χ1v) is 13.1. The highest BCUT2D eigenvalue weighted by molar-refractivity contribution is 5.90. The molecule has 3 aliphatic rings. The number of nitrogens with zero attached hydrogens (tertiary/aromatic N) is 1. The van der Waals surface area contributed by atoms with Crippen molar-refractivity contribution in [1.82, 2.24) is 4.90 Å². The summed E-state index contributed by atoms with van der Waals surface area (Å²) < 4.78 is 72.9. The Balaban J connectivity index is 1.30. The van der Waals surface area contributed by atoms with Crippen molar-refractivity contribution in [2.45, 2.75) is 88.6 Å². The normalized spacial score (nSPS) is 27.6. The molecule has 2 aliphatic heterocycles. The summed E-state index contributed by atoms with van der Waals surface area (Å²) in [5.41, 5.74) is 0.369. The van der Waals surface area contributed by atoms with E-state index in [9.17, 15) is 36.6 Å². The molecule has 2 saturated heterocycles. The molecule has 0 aromatic heterocycles. The van der Waals surface area contributed by atoms with E-state index in [1.54, 1.807) is 18.2 Å². The van der Waals surface area contributed by atoms with Crippen LogP contribution < -0.4 is 4.74 Å². The Morgan fingerprint density at radius 3 is 2.21 bits per heavy atom. The highest BCUT2D eigenvalue weighted by atomic mass is 19.4. The van der Waals surface area contributed by atoms with Gasteiger partial charge in [0.25, 0.3) is 6.43 Å². The predicted octanol–water partition coefficient (Wildman–Crippen LogP) is 6.67. The maximum Gasteiger partial charge on any atom is 0.391 e. The van der Waals surface area contributed by atoms with E-state index in [1.165, 1.54) is 12.1 Å². The Morgan fingerprint density at radius 2 is 1.63 bits per heavy atom. The van der Waals surface area contributed by atoms with Gasteiger partial charge in [0.2, 0.25) is 5.91 Å². The molecule has 1 N–H and O–H groups in total. The number of ether oxygens (including phenoxy) is 1. The number of carbonyl (C=O) groups excluding carboxylic acids is 1.